The summed E-state index contributed by atoms with van der Waals surface area (Å²) in [5.41, 5.74) is 1.75. The number of ether oxygens (including phenoxy) is 1. The zero-order chi connectivity index (χ0) is 17.6. The Morgan fingerprint density at radius 2 is 1.96 bits per heavy atom. The third-order valence-corrected chi connectivity index (χ3v) is 3.58. The van der Waals surface area contributed by atoms with Crippen LogP contribution in [0.2, 0.25) is 0 Å². The standard InChI is InChI=1S/C18H30N2O3/c1-12-7-8-15(16(9-12)23-18(4,5)6)10-19-17(22)20-14(3)13(2)11-21/h7-9,13-14,21H,10-11H2,1-6H3,(H2,19,20,22). The second-order valence-corrected chi connectivity index (χ2v) is 7.10. The summed E-state index contributed by atoms with van der Waals surface area (Å²) < 4.78 is 5.98. The van der Waals surface area contributed by atoms with Gasteiger partial charge in [0.1, 0.15) is 11.4 Å². The smallest absolute Gasteiger partial charge is 0.315 e. The van der Waals surface area contributed by atoms with E-state index in [1.807, 2.05) is 59.7 Å². The van der Waals surface area contributed by atoms with E-state index >= 15 is 0 Å². The van der Waals surface area contributed by atoms with Crippen LogP contribution in [0.5, 0.6) is 5.75 Å². The Balaban J connectivity index is 2.68. The number of aryl methyl sites for hydroxylation is 1. The fraction of sp³-hybridized carbons (Fsp3) is 0.611. The highest BCUT2D eigenvalue weighted by Crippen LogP contribution is 2.24. The molecule has 3 N–H and O–H groups in total. The Hall–Kier alpha value is -1.75. The average Bonchev–Trinajstić information content (AvgIpc) is 2.43. The average molecular weight is 322 g/mol. The molecule has 5 nitrogen and oxygen atoms in total. The summed E-state index contributed by atoms with van der Waals surface area (Å²) >= 11 is 0. The van der Waals surface area contributed by atoms with Gasteiger partial charge in [-0.05, 0) is 52.2 Å². The Labute approximate surface area is 139 Å². The van der Waals surface area contributed by atoms with E-state index in [0.29, 0.717) is 6.54 Å². The second-order valence-electron chi connectivity index (χ2n) is 7.10. The van der Waals surface area contributed by atoms with Crippen molar-refractivity contribution >= 4 is 6.03 Å². The maximum atomic E-state index is 12.0. The molecule has 0 spiro atoms. The Bertz CT molecular complexity index is 523. The van der Waals surface area contributed by atoms with E-state index in [1.165, 1.54) is 0 Å². The molecule has 0 fully saturated rings. The maximum absolute atomic E-state index is 12.0. The lowest BCUT2D eigenvalue weighted by Crippen LogP contribution is -2.44. The minimum atomic E-state index is -0.296. The minimum absolute atomic E-state index is 0.0138. The first-order valence-corrected chi connectivity index (χ1v) is 8.06. The summed E-state index contributed by atoms with van der Waals surface area (Å²) in [7, 11) is 0. The number of hydrogen-bond donors (Lipinski definition) is 3. The normalized spacial score (nSPS) is 14.0. The topological polar surface area (TPSA) is 70.6 Å². The maximum Gasteiger partial charge on any atom is 0.315 e. The molecule has 0 bridgehead atoms. The zero-order valence-electron chi connectivity index (χ0n) is 15.1. The number of aliphatic hydroxyl groups is 1. The first-order valence-electron chi connectivity index (χ1n) is 8.06. The summed E-state index contributed by atoms with van der Waals surface area (Å²) in [5.74, 6) is 0.800. The Morgan fingerprint density at radius 1 is 1.30 bits per heavy atom. The van der Waals surface area contributed by atoms with Gasteiger partial charge in [-0.1, -0.05) is 19.1 Å². The summed E-state index contributed by atoms with van der Waals surface area (Å²) in [6, 6.07) is 5.61. The molecular weight excluding hydrogens is 292 g/mol. The van der Waals surface area contributed by atoms with Crippen molar-refractivity contribution in [3.05, 3.63) is 29.3 Å². The SMILES string of the molecule is Cc1ccc(CNC(=O)NC(C)C(C)CO)c(OC(C)(C)C)c1. The molecule has 0 aliphatic rings. The van der Waals surface area contributed by atoms with E-state index in [2.05, 4.69) is 10.6 Å². The number of hydrogen-bond acceptors (Lipinski definition) is 3. The number of carbonyl (C=O) groups excluding carboxylic acids is 1. The van der Waals surface area contributed by atoms with E-state index in [1.54, 1.807) is 0 Å². The molecule has 0 aliphatic carbocycles. The van der Waals surface area contributed by atoms with Gasteiger partial charge >= 0.3 is 6.03 Å². The summed E-state index contributed by atoms with van der Waals surface area (Å²) in [6.45, 7) is 12.2. The van der Waals surface area contributed by atoms with Crippen molar-refractivity contribution < 1.29 is 14.6 Å². The van der Waals surface area contributed by atoms with Crippen molar-refractivity contribution in [2.75, 3.05) is 6.61 Å². The van der Waals surface area contributed by atoms with Gasteiger partial charge in [-0.2, -0.15) is 0 Å². The van der Waals surface area contributed by atoms with Crippen LogP contribution in [0.15, 0.2) is 18.2 Å². The zero-order valence-corrected chi connectivity index (χ0v) is 15.1. The van der Waals surface area contributed by atoms with E-state index in [9.17, 15) is 4.79 Å². The quantitative estimate of drug-likeness (QED) is 0.754. The number of aliphatic hydroxyl groups excluding tert-OH is 1. The third kappa shape index (κ3) is 6.91. The van der Waals surface area contributed by atoms with Crippen molar-refractivity contribution in [1.29, 1.82) is 0 Å². The summed E-state index contributed by atoms with van der Waals surface area (Å²) in [4.78, 5) is 12.0. The number of amides is 2. The molecule has 0 aromatic heterocycles. The van der Waals surface area contributed by atoms with Gasteiger partial charge in [0.2, 0.25) is 0 Å². The van der Waals surface area contributed by atoms with Crippen LogP contribution >= 0.6 is 0 Å². The molecule has 0 heterocycles. The van der Waals surface area contributed by atoms with Gasteiger partial charge in [0.15, 0.2) is 0 Å². The van der Waals surface area contributed by atoms with Crippen LogP contribution in [0.3, 0.4) is 0 Å². The molecule has 1 aromatic rings. The lowest BCUT2D eigenvalue weighted by atomic mass is 10.1. The van der Waals surface area contributed by atoms with Crippen LogP contribution in [0, 0.1) is 12.8 Å². The molecule has 23 heavy (non-hydrogen) atoms. The second kappa shape index (κ2) is 8.20. The van der Waals surface area contributed by atoms with E-state index < -0.39 is 0 Å². The fourth-order valence-electron chi connectivity index (χ4n) is 1.97. The molecule has 1 rings (SSSR count). The summed E-state index contributed by atoms with van der Waals surface area (Å²) in [6.07, 6.45) is 0. The largest absolute Gasteiger partial charge is 0.488 e. The lowest BCUT2D eigenvalue weighted by molar-refractivity contribution is 0.129. The molecule has 0 saturated heterocycles. The van der Waals surface area contributed by atoms with Gasteiger partial charge in [-0.15, -0.1) is 0 Å². The number of benzene rings is 1. The lowest BCUT2D eigenvalue weighted by Gasteiger charge is -2.24. The van der Waals surface area contributed by atoms with Gasteiger partial charge in [0, 0.05) is 24.8 Å². The molecule has 0 aliphatic heterocycles. The molecule has 2 unspecified atom stereocenters. The van der Waals surface area contributed by atoms with Gasteiger partial charge in [-0.3, -0.25) is 0 Å². The molecule has 0 saturated carbocycles. The predicted octanol–water partition coefficient (Wildman–Crippen LogP) is 2.99. The number of rotatable bonds is 6. The highest BCUT2D eigenvalue weighted by molar-refractivity contribution is 5.74. The molecule has 130 valence electrons. The van der Waals surface area contributed by atoms with Crippen molar-refractivity contribution in [3.63, 3.8) is 0 Å². The van der Waals surface area contributed by atoms with Crippen LogP contribution in [-0.4, -0.2) is 29.4 Å². The van der Waals surface area contributed by atoms with Crippen molar-refractivity contribution in [2.24, 2.45) is 5.92 Å². The molecule has 0 radical (unpaired) electrons. The first-order chi connectivity index (χ1) is 10.6. The first kappa shape index (κ1) is 19.3. The Kier molecular flexibility index (Phi) is 6.88. The number of carbonyl (C=O) groups is 1. The fourth-order valence-corrected chi connectivity index (χ4v) is 1.97. The highest BCUT2D eigenvalue weighted by atomic mass is 16.5. The van der Waals surface area contributed by atoms with Crippen molar-refractivity contribution in [3.8, 4) is 5.75 Å². The molecule has 1 aromatic carbocycles. The molecule has 5 heteroatoms. The van der Waals surface area contributed by atoms with Crippen LogP contribution in [0.25, 0.3) is 0 Å². The van der Waals surface area contributed by atoms with E-state index in [0.717, 1.165) is 16.9 Å². The van der Waals surface area contributed by atoms with Crippen molar-refractivity contribution in [1.82, 2.24) is 10.6 Å². The van der Waals surface area contributed by atoms with Gasteiger partial charge in [-0.25, -0.2) is 4.79 Å². The van der Waals surface area contributed by atoms with E-state index in [4.69, 9.17) is 9.84 Å². The monoisotopic (exact) mass is 322 g/mol. The van der Waals surface area contributed by atoms with Gasteiger partial charge in [0.05, 0.1) is 0 Å². The van der Waals surface area contributed by atoms with Crippen LogP contribution in [0.4, 0.5) is 4.79 Å². The summed E-state index contributed by atoms with van der Waals surface area (Å²) in [5, 5.41) is 14.8. The predicted molar refractivity (Wildman–Crippen MR) is 92.6 cm³/mol. The third-order valence-electron chi connectivity index (χ3n) is 3.58. The molecular formula is C18H30N2O3. The highest BCUT2D eigenvalue weighted by Gasteiger charge is 2.16. The number of nitrogens with one attached hydrogen (secondary N) is 2. The Morgan fingerprint density at radius 3 is 2.52 bits per heavy atom. The number of urea groups is 1. The van der Waals surface area contributed by atoms with Crippen LogP contribution < -0.4 is 15.4 Å². The van der Waals surface area contributed by atoms with Gasteiger partial charge in [0.25, 0.3) is 0 Å². The van der Waals surface area contributed by atoms with E-state index in [-0.39, 0.29) is 30.2 Å². The van der Waals surface area contributed by atoms with Gasteiger partial charge < -0.3 is 20.5 Å². The molecule has 2 amide bonds. The van der Waals surface area contributed by atoms with Crippen molar-refractivity contribution in [2.45, 2.75) is 59.7 Å². The molecule has 2 atom stereocenters. The van der Waals surface area contributed by atoms with Crippen LogP contribution in [-0.2, 0) is 6.54 Å². The minimum Gasteiger partial charge on any atom is -0.488 e. The van der Waals surface area contributed by atoms with Crippen LogP contribution in [0.1, 0.15) is 45.7 Å².